The van der Waals surface area contributed by atoms with E-state index in [1.165, 1.54) is 38.5 Å². The van der Waals surface area contributed by atoms with Crippen LogP contribution in [-0.2, 0) is 65.4 Å². The highest BCUT2D eigenvalue weighted by Crippen LogP contribution is 2.45. The van der Waals surface area contributed by atoms with Crippen LogP contribution < -0.4 is 0 Å². The number of aliphatic hydroxyl groups excluding tert-OH is 1. The van der Waals surface area contributed by atoms with E-state index in [1.54, 1.807) is 0 Å². The normalized spacial score (nSPS) is 14.7. The third kappa shape index (κ3) is 76.6. The zero-order valence-electron chi connectivity index (χ0n) is 65.8. The van der Waals surface area contributed by atoms with Crippen LogP contribution in [-0.4, -0.2) is 96.7 Å². The van der Waals surface area contributed by atoms with Gasteiger partial charge in [0.2, 0.25) is 0 Å². The molecule has 19 heteroatoms. The van der Waals surface area contributed by atoms with Gasteiger partial charge in [-0.2, -0.15) is 0 Å². The lowest BCUT2D eigenvalue weighted by atomic mass is 10.1. The Labute approximate surface area is 642 Å². The molecule has 17 nitrogen and oxygen atoms in total. The number of allylic oxidation sites excluding steroid dienone is 28. The van der Waals surface area contributed by atoms with Crippen molar-refractivity contribution >= 4 is 39.5 Å². The van der Waals surface area contributed by atoms with Gasteiger partial charge in [-0.1, -0.05) is 301 Å². The predicted molar refractivity (Wildman–Crippen MR) is 436 cm³/mol. The molecule has 0 aliphatic rings. The van der Waals surface area contributed by atoms with Crippen LogP contribution in [0.4, 0.5) is 0 Å². The van der Waals surface area contributed by atoms with Crippen molar-refractivity contribution < 1.29 is 80.2 Å². The maximum atomic E-state index is 13.1. The van der Waals surface area contributed by atoms with Crippen LogP contribution in [0, 0.1) is 0 Å². The molecule has 0 saturated carbocycles. The molecule has 0 aromatic heterocycles. The van der Waals surface area contributed by atoms with Crippen molar-refractivity contribution in [2.45, 2.75) is 316 Å². The Balaban J connectivity index is 5.44. The fourth-order valence-electron chi connectivity index (χ4n) is 10.2. The van der Waals surface area contributed by atoms with Crippen molar-refractivity contribution in [2.24, 2.45) is 0 Å². The van der Waals surface area contributed by atoms with Crippen molar-refractivity contribution in [1.82, 2.24) is 0 Å². The monoisotopic (exact) mass is 1520 g/mol. The number of ether oxygens (including phenoxy) is 4. The topological polar surface area (TPSA) is 237 Å². The molecule has 5 atom stereocenters. The number of hydrogen-bond donors (Lipinski definition) is 3. The largest absolute Gasteiger partial charge is 0.472 e. The maximum absolute atomic E-state index is 13.1. The minimum atomic E-state index is -5.01. The zero-order chi connectivity index (χ0) is 77.4. The molecular weight excluding hydrogens is 1380 g/mol. The number of phosphoric ester groups is 2. The molecule has 106 heavy (non-hydrogen) atoms. The average molecular weight is 1520 g/mol. The minimum Gasteiger partial charge on any atom is -0.462 e. The van der Waals surface area contributed by atoms with E-state index in [9.17, 15) is 43.2 Å². The van der Waals surface area contributed by atoms with Crippen LogP contribution in [0.25, 0.3) is 0 Å². The first-order valence-corrected chi connectivity index (χ1v) is 43.4. The Morgan fingerprint density at radius 3 is 0.811 bits per heavy atom. The first-order chi connectivity index (χ1) is 51.7. The zero-order valence-corrected chi connectivity index (χ0v) is 67.6. The van der Waals surface area contributed by atoms with Crippen LogP contribution in [0.2, 0.25) is 0 Å². The standard InChI is InChI=1S/C87H142O17P2/c1-5-9-13-17-21-25-29-32-35-38-40-43-45-48-52-55-59-63-67-71-84(89)97-77-82(103-86(91)73-69-65-61-57-51-28-24-20-16-12-8-4)79-101-105(93,94)99-75-81(88)76-100-106(95,96)102-80-83(104-87(92)74-70-66-62-58-54-50-47-42-37-34-31-27-23-19-15-11-7-3)78-98-85(90)72-68-64-60-56-53-49-46-44-41-39-36-33-30-26-22-18-14-10-6-2/h9-11,13-15,21-23,25-27,32-37,40-41,43-44,47,49-50,53,60,64,81-83,88H,5-8,12,16-20,24,28-31,38-39,42,45-46,48,51-52,54-59,61-63,65-80H2,1-4H3,(H,93,94)(H,95,96)/b13-9-,14-10-,15-11-,25-21-,26-22-,27-23-,35-32-,36-33-,37-34-,43-40-,44-41-,50-47-,53-49-,64-60-. The van der Waals surface area contributed by atoms with Gasteiger partial charge in [0.15, 0.2) is 12.2 Å². The molecule has 0 bridgehead atoms. The van der Waals surface area contributed by atoms with Crippen LogP contribution in [0.1, 0.15) is 297 Å². The van der Waals surface area contributed by atoms with Crippen molar-refractivity contribution in [3.05, 3.63) is 170 Å². The van der Waals surface area contributed by atoms with E-state index in [-0.39, 0.29) is 25.7 Å². The van der Waals surface area contributed by atoms with Crippen LogP contribution >= 0.6 is 15.6 Å². The first-order valence-electron chi connectivity index (χ1n) is 40.4. The van der Waals surface area contributed by atoms with Gasteiger partial charge in [-0.15, -0.1) is 0 Å². The molecule has 0 aromatic rings. The summed E-state index contributed by atoms with van der Waals surface area (Å²) in [6.07, 6.45) is 92.0. The van der Waals surface area contributed by atoms with Gasteiger partial charge in [0.25, 0.3) is 0 Å². The summed E-state index contributed by atoms with van der Waals surface area (Å²) in [5, 5.41) is 10.6. The van der Waals surface area contributed by atoms with Gasteiger partial charge in [-0.05, 0) is 141 Å². The number of esters is 4. The SMILES string of the molecule is CC/C=C\C/C=C\C/C=C\C/C=C\C/C=C\C/C=C\CCC(=O)OCC(COP(=O)(O)OCC(O)COP(=O)(O)OCC(COC(=O)CCCCCCCC/C=C\C/C=C\C/C=C\C/C=C\CC)OC(=O)CCCCCCCCCCCCC)OC(=O)CCCCCC/C=C\C/C=C\C/C=C\C/C=C\CC. The summed E-state index contributed by atoms with van der Waals surface area (Å²) in [6, 6.07) is 0. The fraction of sp³-hybridized carbons (Fsp3) is 0.632. The van der Waals surface area contributed by atoms with E-state index in [0.29, 0.717) is 32.1 Å². The van der Waals surface area contributed by atoms with E-state index < -0.39 is 97.5 Å². The van der Waals surface area contributed by atoms with Gasteiger partial charge >= 0.3 is 39.5 Å². The van der Waals surface area contributed by atoms with E-state index in [4.69, 9.17) is 37.0 Å². The summed E-state index contributed by atoms with van der Waals surface area (Å²) < 4.78 is 68.5. The number of rotatable bonds is 74. The van der Waals surface area contributed by atoms with E-state index >= 15 is 0 Å². The van der Waals surface area contributed by atoms with Gasteiger partial charge in [-0.25, -0.2) is 9.13 Å². The summed E-state index contributed by atoms with van der Waals surface area (Å²) in [4.78, 5) is 73.0. The summed E-state index contributed by atoms with van der Waals surface area (Å²) in [5.74, 6) is -2.32. The highest BCUT2D eigenvalue weighted by Gasteiger charge is 2.30. The van der Waals surface area contributed by atoms with E-state index in [1.807, 2.05) is 18.2 Å². The quantitative estimate of drug-likeness (QED) is 0.0169. The number of carbonyl (C=O) groups excluding carboxylic acids is 4. The molecule has 0 aliphatic heterocycles. The number of carbonyl (C=O) groups is 4. The number of phosphoric acid groups is 2. The molecule has 0 aliphatic carbocycles. The molecule has 0 radical (unpaired) electrons. The van der Waals surface area contributed by atoms with Gasteiger partial charge in [0.1, 0.15) is 19.3 Å². The van der Waals surface area contributed by atoms with Crippen molar-refractivity contribution in [1.29, 1.82) is 0 Å². The molecular formula is C87H142O17P2. The van der Waals surface area contributed by atoms with Crippen molar-refractivity contribution in [2.75, 3.05) is 39.6 Å². The second kappa shape index (κ2) is 77.6. The Morgan fingerprint density at radius 2 is 0.509 bits per heavy atom. The van der Waals surface area contributed by atoms with Crippen molar-refractivity contribution in [3.63, 3.8) is 0 Å². The molecule has 0 amide bonds. The average Bonchev–Trinajstić information content (AvgIpc) is 0.919. The summed E-state index contributed by atoms with van der Waals surface area (Å²) in [5.41, 5.74) is 0. The fourth-order valence-corrected chi connectivity index (χ4v) is 11.7. The lowest BCUT2D eigenvalue weighted by Gasteiger charge is -2.21. The third-order valence-corrected chi connectivity index (χ3v) is 18.1. The van der Waals surface area contributed by atoms with E-state index in [0.717, 1.165) is 173 Å². The van der Waals surface area contributed by atoms with Crippen molar-refractivity contribution in [3.8, 4) is 0 Å². The molecule has 602 valence electrons. The molecule has 0 spiro atoms. The molecule has 0 rings (SSSR count). The molecule has 0 aromatic carbocycles. The highest BCUT2D eigenvalue weighted by atomic mass is 31.2. The molecule has 0 saturated heterocycles. The van der Waals surface area contributed by atoms with Crippen LogP contribution in [0.15, 0.2) is 170 Å². The highest BCUT2D eigenvalue weighted by molar-refractivity contribution is 7.47. The Morgan fingerprint density at radius 1 is 0.274 bits per heavy atom. The molecule has 0 heterocycles. The number of unbranched alkanes of at least 4 members (excludes halogenated alkanes) is 20. The molecule has 3 N–H and O–H groups in total. The summed E-state index contributed by atoms with van der Waals surface area (Å²) in [7, 11) is -10.00. The van der Waals surface area contributed by atoms with Gasteiger partial charge < -0.3 is 33.8 Å². The van der Waals surface area contributed by atoms with Crippen LogP contribution in [0.5, 0.6) is 0 Å². The minimum absolute atomic E-state index is 0.0249. The van der Waals surface area contributed by atoms with E-state index in [2.05, 4.69) is 180 Å². The second-order valence-corrected chi connectivity index (χ2v) is 29.1. The summed E-state index contributed by atoms with van der Waals surface area (Å²) >= 11 is 0. The number of hydrogen-bond acceptors (Lipinski definition) is 15. The third-order valence-electron chi connectivity index (χ3n) is 16.2. The molecule has 5 unspecified atom stereocenters. The lowest BCUT2D eigenvalue weighted by Crippen LogP contribution is -2.30. The lowest BCUT2D eigenvalue weighted by molar-refractivity contribution is -0.161. The first kappa shape index (κ1) is 100. The second-order valence-electron chi connectivity index (χ2n) is 26.2. The Hall–Kier alpha value is -5.58. The smallest absolute Gasteiger partial charge is 0.462 e. The summed E-state index contributed by atoms with van der Waals surface area (Å²) in [6.45, 7) is 4.39. The molecule has 0 fully saturated rings. The maximum Gasteiger partial charge on any atom is 0.472 e. The van der Waals surface area contributed by atoms with Crippen LogP contribution in [0.3, 0.4) is 0 Å². The Kier molecular flexibility index (Phi) is 73.5. The predicted octanol–water partition coefficient (Wildman–Crippen LogP) is 23.8. The van der Waals surface area contributed by atoms with Gasteiger partial charge in [0, 0.05) is 25.7 Å². The van der Waals surface area contributed by atoms with Gasteiger partial charge in [0.05, 0.1) is 26.4 Å². The van der Waals surface area contributed by atoms with Gasteiger partial charge in [-0.3, -0.25) is 37.3 Å². The number of aliphatic hydroxyl groups is 1. The Bertz CT molecular complexity index is 2680.